The van der Waals surface area contributed by atoms with Gasteiger partial charge in [-0.15, -0.1) is 0 Å². The molecule has 2 unspecified atom stereocenters. The summed E-state index contributed by atoms with van der Waals surface area (Å²) in [7, 11) is 0. The monoisotopic (exact) mass is 323 g/mol. The molecule has 2 aromatic rings. The SMILES string of the molecule is CC1CCN(C(=O)c2ccc3c(c2)CCCC3)CC1n1ccnc1. The molecular formula is C20H25N3O. The first-order valence-electron chi connectivity index (χ1n) is 9.11. The molecule has 2 heterocycles. The molecule has 2 atom stereocenters. The van der Waals surface area contributed by atoms with Gasteiger partial charge in [0, 0.05) is 31.0 Å². The van der Waals surface area contributed by atoms with E-state index in [1.54, 1.807) is 0 Å². The van der Waals surface area contributed by atoms with Gasteiger partial charge in [-0.2, -0.15) is 0 Å². The molecule has 1 aromatic carbocycles. The molecule has 24 heavy (non-hydrogen) atoms. The van der Waals surface area contributed by atoms with Crippen LogP contribution in [0.5, 0.6) is 0 Å². The molecule has 4 nitrogen and oxygen atoms in total. The summed E-state index contributed by atoms with van der Waals surface area (Å²) in [6.07, 6.45) is 11.5. The molecule has 0 radical (unpaired) electrons. The van der Waals surface area contributed by atoms with Gasteiger partial charge in [-0.25, -0.2) is 4.98 Å². The van der Waals surface area contributed by atoms with E-state index in [0.717, 1.165) is 37.9 Å². The molecule has 1 amide bonds. The van der Waals surface area contributed by atoms with Crippen LogP contribution < -0.4 is 0 Å². The van der Waals surface area contributed by atoms with E-state index in [9.17, 15) is 4.79 Å². The minimum absolute atomic E-state index is 0.181. The molecule has 2 aliphatic rings. The number of carbonyl (C=O) groups is 1. The van der Waals surface area contributed by atoms with Crippen molar-refractivity contribution in [2.75, 3.05) is 13.1 Å². The molecule has 0 spiro atoms. The number of carbonyl (C=O) groups excluding carboxylic acids is 1. The number of likely N-dealkylation sites (tertiary alicyclic amines) is 1. The number of hydrogen-bond acceptors (Lipinski definition) is 2. The highest BCUT2D eigenvalue weighted by Crippen LogP contribution is 2.29. The summed E-state index contributed by atoms with van der Waals surface area (Å²) >= 11 is 0. The highest BCUT2D eigenvalue weighted by atomic mass is 16.2. The Hall–Kier alpha value is -2.10. The molecule has 4 heteroatoms. The minimum Gasteiger partial charge on any atom is -0.337 e. The Morgan fingerprint density at radius 2 is 2.04 bits per heavy atom. The van der Waals surface area contributed by atoms with E-state index in [1.165, 1.54) is 24.0 Å². The Labute approximate surface area is 143 Å². The molecule has 1 fully saturated rings. The highest BCUT2D eigenvalue weighted by molar-refractivity contribution is 5.94. The van der Waals surface area contributed by atoms with Crippen LogP contribution in [0.3, 0.4) is 0 Å². The number of piperidine rings is 1. The summed E-state index contributed by atoms with van der Waals surface area (Å²) in [5.41, 5.74) is 3.67. The molecule has 126 valence electrons. The van der Waals surface area contributed by atoms with Crippen LogP contribution in [0.25, 0.3) is 0 Å². The Kier molecular flexibility index (Phi) is 4.13. The summed E-state index contributed by atoms with van der Waals surface area (Å²) in [6, 6.07) is 6.65. The third-order valence-corrected chi connectivity index (χ3v) is 5.71. The zero-order chi connectivity index (χ0) is 16.5. The van der Waals surface area contributed by atoms with Crippen molar-refractivity contribution in [1.82, 2.24) is 14.5 Å². The van der Waals surface area contributed by atoms with Crippen molar-refractivity contribution in [1.29, 1.82) is 0 Å². The predicted octanol–water partition coefficient (Wildman–Crippen LogP) is 3.49. The summed E-state index contributed by atoms with van der Waals surface area (Å²) in [5, 5.41) is 0. The second-order valence-electron chi connectivity index (χ2n) is 7.28. The summed E-state index contributed by atoms with van der Waals surface area (Å²) in [4.78, 5) is 19.2. The number of amides is 1. The lowest BCUT2D eigenvalue weighted by atomic mass is 9.89. The fraction of sp³-hybridized carbons (Fsp3) is 0.500. The van der Waals surface area contributed by atoms with Crippen molar-refractivity contribution in [3.8, 4) is 0 Å². The smallest absolute Gasteiger partial charge is 0.253 e. The largest absolute Gasteiger partial charge is 0.337 e. The maximum Gasteiger partial charge on any atom is 0.253 e. The first kappa shape index (κ1) is 15.4. The fourth-order valence-electron chi connectivity index (χ4n) is 4.14. The third-order valence-electron chi connectivity index (χ3n) is 5.71. The van der Waals surface area contributed by atoms with Gasteiger partial charge in [0.05, 0.1) is 12.4 Å². The van der Waals surface area contributed by atoms with E-state index < -0.39 is 0 Å². The summed E-state index contributed by atoms with van der Waals surface area (Å²) in [6.45, 7) is 3.89. The van der Waals surface area contributed by atoms with Crippen molar-refractivity contribution in [3.05, 3.63) is 53.6 Å². The van der Waals surface area contributed by atoms with Gasteiger partial charge in [-0.3, -0.25) is 4.79 Å². The van der Waals surface area contributed by atoms with Crippen molar-refractivity contribution in [3.63, 3.8) is 0 Å². The lowest BCUT2D eigenvalue weighted by Crippen LogP contribution is -2.43. The first-order chi connectivity index (χ1) is 11.7. The second kappa shape index (κ2) is 6.42. The van der Waals surface area contributed by atoms with Crippen LogP contribution in [0.2, 0.25) is 0 Å². The quantitative estimate of drug-likeness (QED) is 0.848. The number of aryl methyl sites for hydroxylation is 2. The van der Waals surface area contributed by atoms with E-state index in [1.807, 2.05) is 29.7 Å². The van der Waals surface area contributed by atoms with Gasteiger partial charge in [0.25, 0.3) is 5.91 Å². The number of rotatable bonds is 2. The Morgan fingerprint density at radius 1 is 1.21 bits per heavy atom. The van der Waals surface area contributed by atoms with Crippen LogP contribution in [0, 0.1) is 5.92 Å². The topological polar surface area (TPSA) is 38.1 Å². The average Bonchev–Trinajstić information content (AvgIpc) is 3.15. The fourth-order valence-corrected chi connectivity index (χ4v) is 4.14. The van der Waals surface area contributed by atoms with Gasteiger partial charge in [0.1, 0.15) is 0 Å². The van der Waals surface area contributed by atoms with E-state index in [4.69, 9.17) is 0 Å². The number of fused-ring (bicyclic) bond motifs is 1. The van der Waals surface area contributed by atoms with Crippen LogP contribution >= 0.6 is 0 Å². The van der Waals surface area contributed by atoms with Crippen LogP contribution in [0.4, 0.5) is 0 Å². The van der Waals surface area contributed by atoms with Crippen molar-refractivity contribution < 1.29 is 4.79 Å². The van der Waals surface area contributed by atoms with Gasteiger partial charge >= 0.3 is 0 Å². The van der Waals surface area contributed by atoms with E-state index in [-0.39, 0.29) is 5.91 Å². The predicted molar refractivity (Wildman–Crippen MR) is 94.0 cm³/mol. The van der Waals surface area contributed by atoms with Gasteiger partial charge in [-0.05, 0) is 61.3 Å². The molecule has 0 bridgehead atoms. The average molecular weight is 323 g/mol. The van der Waals surface area contributed by atoms with Crippen molar-refractivity contribution in [2.45, 2.75) is 45.1 Å². The number of aromatic nitrogens is 2. The molecule has 4 rings (SSSR count). The Balaban J connectivity index is 1.54. The summed E-state index contributed by atoms with van der Waals surface area (Å²) < 4.78 is 2.15. The maximum atomic E-state index is 13.0. The molecule has 0 saturated carbocycles. The Bertz CT molecular complexity index is 722. The number of nitrogens with zero attached hydrogens (tertiary/aromatic N) is 3. The lowest BCUT2D eigenvalue weighted by Gasteiger charge is -2.37. The van der Waals surface area contributed by atoms with E-state index in [2.05, 4.69) is 28.6 Å². The van der Waals surface area contributed by atoms with Crippen LogP contribution in [0.15, 0.2) is 36.9 Å². The van der Waals surface area contributed by atoms with E-state index >= 15 is 0 Å². The molecule has 0 N–H and O–H groups in total. The zero-order valence-corrected chi connectivity index (χ0v) is 14.3. The standard InChI is InChI=1S/C20H25N3O/c1-15-8-10-22(13-19(15)23-11-9-21-14-23)20(24)18-7-6-16-4-2-3-5-17(16)12-18/h6-7,9,11-12,14-15,19H,2-5,8,10,13H2,1H3. The maximum absolute atomic E-state index is 13.0. The number of hydrogen-bond donors (Lipinski definition) is 0. The molecular weight excluding hydrogens is 298 g/mol. The summed E-state index contributed by atoms with van der Waals surface area (Å²) in [5.74, 6) is 0.743. The van der Waals surface area contributed by atoms with Crippen molar-refractivity contribution in [2.24, 2.45) is 5.92 Å². The molecule has 1 saturated heterocycles. The molecule has 1 aromatic heterocycles. The van der Waals surface area contributed by atoms with Crippen LogP contribution in [-0.2, 0) is 12.8 Å². The lowest BCUT2D eigenvalue weighted by molar-refractivity contribution is 0.0621. The number of imidazole rings is 1. The molecule has 1 aliphatic heterocycles. The normalized spacial score (nSPS) is 23.8. The van der Waals surface area contributed by atoms with Crippen LogP contribution in [-0.4, -0.2) is 33.4 Å². The van der Waals surface area contributed by atoms with E-state index in [0.29, 0.717) is 12.0 Å². The molecule has 1 aliphatic carbocycles. The highest BCUT2D eigenvalue weighted by Gasteiger charge is 2.30. The van der Waals surface area contributed by atoms with Gasteiger partial charge in [0.2, 0.25) is 0 Å². The van der Waals surface area contributed by atoms with Gasteiger partial charge < -0.3 is 9.47 Å². The first-order valence-corrected chi connectivity index (χ1v) is 9.11. The zero-order valence-electron chi connectivity index (χ0n) is 14.3. The van der Waals surface area contributed by atoms with Gasteiger partial charge in [-0.1, -0.05) is 13.0 Å². The van der Waals surface area contributed by atoms with Crippen molar-refractivity contribution >= 4 is 5.91 Å². The Morgan fingerprint density at radius 3 is 2.83 bits per heavy atom. The van der Waals surface area contributed by atoms with Crippen LogP contribution in [0.1, 0.15) is 53.7 Å². The second-order valence-corrected chi connectivity index (χ2v) is 7.28. The number of benzene rings is 1. The van der Waals surface area contributed by atoms with Gasteiger partial charge in [0.15, 0.2) is 0 Å². The third kappa shape index (κ3) is 2.85. The minimum atomic E-state index is 0.181.